The molecule has 0 unspecified atom stereocenters. The van der Waals surface area contributed by atoms with Crippen molar-refractivity contribution in [2.24, 2.45) is 0 Å². The Balaban J connectivity index is 2.26. The molecule has 5 heteroatoms. The van der Waals surface area contributed by atoms with E-state index in [4.69, 9.17) is 21.1 Å². The van der Waals surface area contributed by atoms with Gasteiger partial charge < -0.3 is 14.6 Å². The zero-order valence-corrected chi connectivity index (χ0v) is 15.6. The number of benzene rings is 2. The van der Waals surface area contributed by atoms with E-state index in [1.807, 2.05) is 18.2 Å². The molecule has 0 heterocycles. The highest BCUT2D eigenvalue weighted by Crippen LogP contribution is 2.32. The number of carboxylic acids is 1. The summed E-state index contributed by atoms with van der Waals surface area (Å²) in [6, 6.07) is 12.7. The van der Waals surface area contributed by atoms with Crippen molar-refractivity contribution in [3.05, 3.63) is 58.6 Å². The lowest BCUT2D eigenvalue weighted by Crippen LogP contribution is -2.30. The second-order valence-corrected chi connectivity index (χ2v) is 7.27. The van der Waals surface area contributed by atoms with E-state index >= 15 is 0 Å². The smallest absolute Gasteiger partial charge is 0.345 e. The van der Waals surface area contributed by atoms with Crippen LogP contribution in [0.4, 0.5) is 0 Å². The van der Waals surface area contributed by atoms with Gasteiger partial charge in [-0.2, -0.15) is 0 Å². The molecule has 4 nitrogen and oxygen atoms in total. The van der Waals surface area contributed by atoms with Gasteiger partial charge in [0.1, 0.15) is 11.5 Å². The second-order valence-electron chi connectivity index (χ2n) is 6.86. The molecule has 0 saturated carbocycles. The number of hydrogen-bond acceptors (Lipinski definition) is 3. The van der Waals surface area contributed by atoms with E-state index in [9.17, 15) is 9.90 Å². The lowest BCUT2D eigenvalue weighted by Gasteiger charge is -2.25. The van der Waals surface area contributed by atoms with Gasteiger partial charge in [0.15, 0.2) is 6.10 Å². The van der Waals surface area contributed by atoms with Gasteiger partial charge in [0.2, 0.25) is 0 Å². The maximum atomic E-state index is 11.7. The van der Waals surface area contributed by atoms with E-state index in [0.717, 1.165) is 11.1 Å². The zero-order chi connectivity index (χ0) is 18.6. The minimum Gasteiger partial charge on any atom is -0.495 e. The molecule has 0 aromatic heterocycles. The molecule has 0 spiro atoms. The first-order valence-electron chi connectivity index (χ1n) is 8.03. The number of methoxy groups -OCH3 is 1. The fraction of sp³-hybridized carbons (Fsp3) is 0.350. The van der Waals surface area contributed by atoms with Crippen molar-refractivity contribution < 1.29 is 19.4 Å². The first kappa shape index (κ1) is 19.1. The summed E-state index contributed by atoms with van der Waals surface area (Å²) in [6.45, 7) is 6.19. The van der Waals surface area contributed by atoms with Crippen LogP contribution in [0.15, 0.2) is 42.5 Å². The van der Waals surface area contributed by atoms with Crippen LogP contribution in [0.5, 0.6) is 11.5 Å². The second kappa shape index (κ2) is 7.79. The van der Waals surface area contributed by atoms with Crippen molar-refractivity contribution in [3.63, 3.8) is 0 Å². The van der Waals surface area contributed by atoms with Crippen LogP contribution >= 0.6 is 11.6 Å². The topological polar surface area (TPSA) is 55.8 Å². The fourth-order valence-corrected chi connectivity index (χ4v) is 2.85. The number of rotatable bonds is 6. The number of aliphatic carboxylic acids is 1. The molecule has 2 rings (SSSR count). The molecule has 0 radical (unpaired) electrons. The Morgan fingerprint density at radius 3 is 2.40 bits per heavy atom. The number of hydrogen-bond donors (Lipinski definition) is 1. The summed E-state index contributed by atoms with van der Waals surface area (Å²) in [6.07, 6.45) is -0.801. The van der Waals surface area contributed by atoms with Crippen LogP contribution < -0.4 is 9.47 Å². The van der Waals surface area contributed by atoms with E-state index < -0.39 is 12.1 Å². The van der Waals surface area contributed by atoms with Crippen molar-refractivity contribution in [2.75, 3.05) is 7.11 Å². The zero-order valence-electron chi connectivity index (χ0n) is 14.9. The van der Waals surface area contributed by atoms with E-state index in [1.54, 1.807) is 24.3 Å². The van der Waals surface area contributed by atoms with Crippen LogP contribution in [-0.4, -0.2) is 24.3 Å². The molecule has 0 aliphatic heterocycles. The third-order valence-corrected chi connectivity index (χ3v) is 4.17. The summed E-state index contributed by atoms with van der Waals surface area (Å²) in [7, 11) is 1.54. The summed E-state index contributed by atoms with van der Waals surface area (Å²) < 4.78 is 11.0. The van der Waals surface area contributed by atoms with E-state index in [1.165, 1.54) is 7.11 Å². The Labute approximate surface area is 153 Å². The highest BCUT2D eigenvalue weighted by atomic mass is 35.5. The van der Waals surface area contributed by atoms with Crippen molar-refractivity contribution in [2.45, 2.75) is 38.7 Å². The molecule has 2 aromatic carbocycles. The average Bonchev–Trinajstić information content (AvgIpc) is 2.54. The molecule has 2 aromatic rings. The first-order valence-corrected chi connectivity index (χ1v) is 8.41. The molecule has 134 valence electrons. The molecular formula is C20H23ClO4. The molecule has 1 atom stereocenters. The minimum absolute atomic E-state index is 0.150. The molecule has 1 N–H and O–H groups in total. The number of carbonyl (C=O) groups is 1. The monoisotopic (exact) mass is 362 g/mol. The van der Waals surface area contributed by atoms with Crippen molar-refractivity contribution in [1.82, 2.24) is 0 Å². The van der Waals surface area contributed by atoms with E-state index in [2.05, 4.69) is 20.8 Å². The minimum atomic E-state index is -1.02. The third-order valence-electron chi connectivity index (χ3n) is 3.88. The lowest BCUT2D eigenvalue weighted by atomic mass is 9.86. The predicted molar refractivity (Wildman–Crippen MR) is 98.9 cm³/mol. The number of carboxylic acid groups (broad SMARTS) is 1. The van der Waals surface area contributed by atoms with Gasteiger partial charge in [-0.25, -0.2) is 4.79 Å². The Kier molecular flexibility index (Phi) is 5.96. The normalized spacial score (nSPS) is 12.5. The lowest BCUT2D eigenvalue weighted by molar-refractivity contribution is -0.145. The van der Waals surface area contributed by atoms with Crippen molar-refractivity contribution in [1.29, 1.82) is 0 Å². The number of halogens is 1. The van der Waals surface area contributed by atoms with Gasteiger partial charge >= 0.3 is 5.97 Å². The quantitative estimate of drug-likeness (QED) is 0.807. The van der Waals surface area contributed by atoms with Crippen LogP contribution in [0.3, 0.4) is 0 Å². The number of ether oxygens (including phenoxy) is 2. The Morgan fingerprint density at radius 2 is 1.84 bits per heavy atom. The van der Waals surface area contributed by atoms with Gasteiger partial charge in [0.25, 0.3) is 0 Å². The van der Waals surface area contributed by atoms with Crippen molar-refractivity contribution >= 4 is 17.6 Å². The number of para-hydroxylation sites is 1. The standard InChI is InChI=1S/C20H23ClO4/c1-20(2,3)14-7-5-6-8-16(14)25-18(19(22)23)12-13-9-10-17(24-4)15(21)11-13/h5-11,18H,12H2,1-4H3,(H,22,23)/t18-/m0/s1. The molecule has 0 aliphatic carbocycles. The molecule has 0 saturated heterocycles. The Bertz CT molecular complexity index is 750. The Morgan fingerprint density at radius 1 is 1.16 bits per heavy atom. The SMILES string of the molecule is COc1ccc(C[C@H](Oc2ccccc2C(C)(C)C)C(=O)O)cc1Cl. The molecule has 0 fully saturated rings. The summed E-state index contributed by atoms with van der Waals surface area (Å²) in [5.41, 5.74) is 1.59. The fourth-order valence-electron chi connectivity index (χ4n) is 2.57. The van der Waals surface area contributed by atoms with E-state index in [-0.39, 0.29) is 11.8 Å². The van der Waals surface area contributed by atoms with Gasteiger partial charge in [-0.1, -0.05) is 56.6 Å². The van der Waals surface area contributed by atoms with Crippen molar-refractivity contribution in [3.8, 4) is 11.5 Å². The largest absolute Gasteiger partial charge is 0.495 e. The van der Waals surface area contributed by atoms with Crippen LogP contribution in [0.25, 0.3) is 0 Å². The van der Waals surface area contributed by atoms with Gasteiger partial charge in [0.05, 0.1) is 12.1 Å². The third kappa shape index (κ3) is 4.89. The Hall–Kier alpha value is -2.20. The predicted octanol–water partition coefficient (Wildman–Crippen LogP) is 4.72. The van der Waals surface area contributed by atoms with Gasteiger partial charge in [0, 0.05) is 6.42 Å². The summed E-state index contributed by atoms with van der Waals surface area (Å²) in [5.74, 6) is 0.119. The average molecular weight is 363 g/mol. The van der Waals surface area contributed by atoms with Gasteiger partial charge in [-0.05, 0) is 34.7 Å². The van der Waals surface area contributed by atoms with Crippen LogP contribution in [-0.2, 0) is 16.6 Å². The molecule has 0 amide bonds. The van der Waals surface area contributed by atoms with Gasteiger partial charge in [-0.3, -0.25) is 0 Å². The van der Waals surface area contributed by atoms with Gasteiger partial charge in [-0.15, -0.1) is 0 Å². The highest BCUT2D eigenvalue weighted by molar-refractivity contribution is 6.32. The molecular weight excluding hydrogens is 340 g/mol. The first-order chi connectivity index (χ1) is 11.7. The molecule has 0 bridgehead atoms. The maximum absolute atomic E-state index is 11.7. The van der Waals surface area contributed by atoms with Crippen LogP contribution in [0.1, 0.15) is 31.9 Å². The summed E-state index contributed by atoms with van der Waals surface area (Å²) in [5, 5.41) is 10.0. The summed E-state index contributed by atoms with van der Waals surface area (Å²) in [4.78, 5) is 11.7. The maximum Gasteiger partial charge on any atom is 0.345 e. The highest BCUT2D eigenvalue weighted by Gasteiger charge is 2.25. The summed E-state index contributed by atoms with van der Waals surface area (Å²) >= 11 is 6.12. The van der Waals surface area contributed by atoms with Crippen LogP contribution in [0, 0.1) is 0 Å². The van der Waals surface area contributed by atoms with Crippen LogP contribution in [0.2, 0.25) is 5.02 Å². The van der Waals surface area contributed by atoms with E-state index in [0.29, 0.717) is 16.5 Å². The molecule has 25 heavy (non-hydrogen) atoms. The molecule has 0 aliphatic rings.